The maximum atomic E-state index is 12.2. The van der Waals surface area contributed by atoms with Crippen LogP contribution < -0.4 is 9.64 Å². The van der Waals surface area contributed by atoms with Crippen molar-refractivity contribution in [3.05, 3.63) is 66.6 Å². The van der Waals surface area contributed by atoms with Crippen LogP contribution in [0.15, 0.2) is 48.5 Å². The van der Waals surface area contributed by atoms with Crippen LogP contribution >= 0.6 is 0 Å². The fraction of sp³-hybridized carbons (Fsp3) is 0.391. The van der Waals surface area contributed by atoms with Gasteiger partial charge in [-0.05, 0) is 54.8 Å². The van der Waals surface area contributed by atoms with Crippen molar-refractivity contribution in [3.8, 4) is 5.75 Å². The van der Waals surface area contributed by atoms with Crippen LogP contribution in [0.4, 0.5) is 5.69 Å². The van der Waals surface area contributed by atoms with Crippen LogP contribution in [-0.4, -0.2) is 12.5 Å². The van der Waals surface area contributed by atoms with Crippen molar-refractivity contribution in [3.63, 3.8) is 0 Å². The molecule has 0 heterocycles. The van der Waals surface area contributed by atoms with Crippen molar-refractivity contribution in [2.45, 2.75) is 52.5 Å². The summed E-state index contributed by atoms with van der Waals surface area (Å²) in [5.74, 6) is 0.813. The van der Waals surface area contributed by atoms with Crippen molar-refractivity contribution in [1.29, 1.82) is 0 Å². The number of hydrogen-bond acceptors (Lipinski definition) is 2. The van der Waals surface area contributed by atoms with Crippen LogP contribution in [0.3, 0.4) is 0 Å². The quantitative estimate of drug-likeness (QED) is 0.356. The first kappa shape index (κ1) is 23.9. The number of rotatable bonds is 10. The predicted molar refractivity (Wildman–Crippen MR) is 108 cm³/mol. The van der Waals surface area contributed by atoms with Gasteiger partial charge >= 0.3 is 0 Å². The molecular formula is C23H30NO2Y-. The van der Waals surface area contributed by atoms with Crippen LogP contribution in [0.25, 0.3) is 0 Å². The molecule has 0 aliphatic carbocycles. The van der Waals surface area contributed by atoms with Gasteiger partial charge in [-0.25, -0.2) is 0 Å². The van der Waals surface area contributed by atoms with E-state index in [2.05, 4.69) is 26.0 Å². The zero-order valence-electron chi connectivity index (χ0n) is 16.6. The Kier molecular flexibility index (Phi) is 11.5. The molecular weight excluding hydrogens is 411 g/mol. The molecule has 4 heteroatoms. The number of benzene rings is 2. The van der Waals surface area contributed by atoms with Gasteiger partial charge in [-0.15, -0.1) is 0 Å². The van der Waals surface area contributed by atoms with Crippen LogP contribution in [-0.2, 0) is 50.5 Å². The number of ether oxygens (including phenoxy) is 1. The van der Waals surface area contributed by atoms with E-state index in [0.717, 1.165) is 23.4 Å². The summed E-state index contributed by atoms with van der Waals surface area (Å²) in [6.45, 7) is 8.45. The summed E-state index contributed by atoms with van der Waals surface area (Å²) in [6, 6.07) is 16.2. The second kappa shape index (κ2) is 13.1. The van der Waals surface area contributed by atoms with Gasteiger partial charge in [-0.1, -0.05) is 50.5 Å². The van der Waals surface area contributed by atoms with Gasteiger partial charge in [-0.3, -0.25) is 4.79 Å². The molecule has 2 rings (SSSR count). The Morgan fingerprint density at radius 2 is 1.78 bits per heavy atom. The number of anilines is 1. The van der Waals surface area contributed by atoms with E-state index in [-0.39, 0.29) is 38.6 Å². The van der Waals surface area contributed by atoms with E-state index in [1.54, 1.807) is 11.8 Å². The van der Waals surface area contributed by atoms with E-state index in [1.807, 2.05) is 36.4 Å². The van der Waals surface area contributed by atoms with Crippen molar-refractivity contribution >= 4 is 11.6 Å². The van der Waals surface area contributed by atoms with Gasteiger partial charge in [-0.2, -0.15) is 0 Å². The molecule has 0 saturated carbocycles. The second-order valence-electron chi connectivity index (χ2n) is 6.58. The van der Waals surface area contributed by atoms with Gasteiger partial charge in [0.25, 0.3) is 0 Å². The third-order valence-electron chi connectivity index (χ3n) is 4.45. The average Bonchev–Trinajstić information content (AvgIpc) is 2.64. The Labute approximate surface area is 189 Å². The second-order valence-corrected chi connectivity index (χ2v) is 6.58. The molecule has 2 aromatic rings. The first-order valence-electron chi connectivity index (χ1n) is 9.52. The molecule has 1 amide bonds. The molecule has 143 valence electrons. The van der Waals surface area contributed by atoms with Crippen LogP contribution in [0.2, 0.25) is 0 Å². The molecule has 0 aliphatic rings. The Bertz CT molecular complexity index is 685. The number of carbonyl (C=O) groups excluding carboxylic acids is 1. The maximum Gasteiger partial charge on any atom is 0.224 e. The SMILES string of the molecule is [CH2-]COc1cccc(CN(C(C)=O)c2ccc(CCCCCC)cc2)c1.[Y]. The summed E-state index contributed by atoms with van der Waals surface area (Å²) < 4.78 is 5.45. The molecule has 0 unspecified atom stereocenters. The summed E-state index contributed by atoms with van der Waals surface area (Å²) in [5, 5.41) is 0. The summed E-state index contributed by atoms with van der Waals surface area (Å²) in [4.78, 5) is 14.0. The smallest absolute Gasteiger partial charge is 0.224 e. The monoisotopic (exact) mass is 441 g/mol. The van der Waals surface area contributed by atoms with E-state index in [0.29, 0.717) is 13.2 Å². The Balaban J connectivity index is 0.00000364. The Morgan fingerprint density at radius 3 is 2.41 bits per heavy atom. The van der Waals surface area contributed by atoms with E-state index in [4.69, 9.17) is 4.74 Å². The molecule has 0 bridgehead atoms. The fourth-order valence-electron chi connectivity index (χ4n) is 3.02. The number of amides is 1. The van der Waals surface area contributed by atoms with Crippen molar-refractivity contribution in [1.82, 2.24) is 0 Å². The van der Waals surface area contributed by atoms with E-state index >= 15 is 0 Å². The van der Waals surface area contributed by atoms with Gasteiger partial charge in [0, 0.05) is 45.3 Å². The Morgan fingerprint density at radius 1 is 1.04 bits per heavy atom. The molecule has 0 fully saturated rings. The Hall–Kier alpha value is -1.19. The topological polar surface area (TPSA) is 29.5 Å². The molecule has 0 atom stereocenters. The molecule has 0 N–H and O–H groups in total. The van der Waals surface area contributed by atoms with E-state index in [1.165, 1.54) is 31.2 Å². The number of unbranched alkanes of at least 4 members (excludes halogenated alkanes) is 3. The first-order valence-corrected chi connectivity index (χ1v) is 9.52. The molecule has 0 aromatic heterocycles. The van der Waals surface area contributed by atoms with Crippen LogP contribution in [0.5, 0.6) is 5.75 Å². The molecule has 2 aromatic carbocycles. The number of carbonyl (C=O) groups is 1. The standard InChI is InChI=1S/C23H30NO2.Y/c1-4-6-7-8-10-20-13-15-22(16-14-20)24(19(3)25)18-21-11-9-12-23(17-21)26-5-2;/h9,11-17H,2,4-8,10,18H2,1,3H3;/q-1;. The van der Waals surface area contributed by atoms with Crippen molar-refractivity contribution in [2.24, 2.45) is 0 Å². The molecule has 1 radical (unpaired) electrons. The van der Waals surface area contributed by atoms with E-state index < -0.39 is 0 Å². The summed E-state index contributed by atoms with van der Waals surface area (Å²) in [5.41, 5.74) is 3.30. The zero-order chi connectivity index (χ0) is 18.8. The van der Waals surface area contributed by atoms with Gasteiger partial charge in [0.15, 0.2) is 0 Å². The average molecular weight is 441 g/mol. The van der Waals surface area contributed by atoms with Gasteiger partial charge in [0.1, 0.15) is 5.75 Å². The minimum atomic E-state index is 0. The molecule has 27 heavy (non-hydrogen) atoms. The minimum absolute atomic E-state index is 0. The summed E-state index contributed by atoms with van der Waals surface area (Å²) in [6.07, 6.45) is 6.16. The predicted octanol–water partition coefficient (Wildman–Crippen LogP) is 5.57. The van der Waals surface area contributed by atoms with Crippen LogP contribution in [0, 0.1) is 6.92 Å². The van der Waals surface area contributed by atoms with Crippen LogP contribution in [0.1, 0.15) is 50.7 Å². The minimum Gasteiger partial charge on any atom is -0.525 e. The van der Waals surface area contributed by atoms with E-state index in [9.17, 15) is 4.79 Å². The van der Waals surface area contributed by atoms with Gasteiger partial charge < -0.3 is 16.6 Å². The normalized spacial score (nSPS) is 10.2. The summed E-state index contributed by atoms with van der Waals surface area (Å²) in [7, 11) is 0. The largest absolute Gasteiger partial charge is 0.525 e. The molecule has 3 nitrogen and oxygen atoms in total. The molecule has 0 spiro atoms. The first-order chi connectivity index (χ1) is 12.6. The van der Waals surface area contributed by atoms with Gasteiger partial charge in [0.2, 0.25) is 5.91 Å². The van der Waals surface area contributed by atoms with Crippen molar-refractivity contribution < 1.29 is 42.2 Å². The van der Waals surface area contributed by atoms with Crippen molar-refractivity contribution in [2.75, 3.05) is 11.5 Å². The fourth-order valence-corrected chi connectivity index (χ4v) is 3.02. The molecule has 0 saturated heterocycles. The molecule has 0 aliphatic heterocycles. The summed E-state index contributed by atoms with van der Waals surface area (Å²) >= 11 is 0. The number of nitrogens with zero attached hydrogens (tertiary/aromatic N) is 1. The number of hydrogen-bond donors (Lipinski definition) is 0. The third kappa shape index (κ3) is 8.15. The number of aryl methyl sites for hydroxylation is 1. The maximum absolute atomic E-state index is 12.2. The third-order valence-corrected chi connectivity index (χ3v) is 4.45. The van der Waals surface area contributed by atoms with Gasteiger partial charge in [0.05, 0.1) is 6.54 Å². The zero-order valence-corrected chi connectivity index (χ0v) is 19.5.